The second kappa shape index (κ2) is 7.65. The van der Waals surface area contributed by atoms with Crippen LogP contribution < -0.4 is 0 Å². The highest BCUT2D eigenvalue weighted by molar-refractivity contribution is 5.91. The van der Waals surface area contributed by atoms with E-state index in [1.54, 1.807) is 0 Å². The average Bonchev–Trinajstić information content (AvgIpc) is 2.63. The Labute approximate surface area is 151 Å². The fourth-order valence-electron chi connectivity index (χ4n) is 3.54. The molecule has 0 amide bonds. The zero-order valence-electron chi connectivity index (χ0n) is 15.6. The van der Waals surface area contributed by atoms with Crippen molar-refractivity contribution in [3.8, 4) is 0 Å². The third-order valence-electron chi connectivity index (χ3n) is 4.87. The van der Waals surface area contributed by atoms with Crippen LogP contribution in [0.3, 0.4) is 0 Å². The largest absolute Gasteiger partial charge is 0.252 e. The maximum atomic E-state index is 4.99. The lowest BCUT2D eigenvalue weighted by molar-refractivity contribution is 0.955. The molecule has 0 aliphatic rings. The van der Waals surface area contributed by atoms with Gasteiger partial charge in [0.1, 0.15) is 0 Å². The number of aromatic nitrogens is 1. The molecule has 0 aliphatic carbocycles. The van der Waals surface area contributed by atoms with Crippen molar-refractivity contribution >= 4 is 16.3 Å². The summed E-state index contributed by atoms with van der Waals surface area (Å²) in [6.45, 7) is 10.8. The number of hydrogen-bond donors (Lipinski definition) is 0. The monoisotopic (exact) mass is 329 g/mol. The Bertz CT molecular complexity index is 891. The Morgan fingerprint density at radius 1 is 0.960 bits per heavy atom. The average molecular weight is 329 g/mol. The lowest BCUT2D eigenvalue weighted by Gasteiger charge is -2.15. The van der Waals surface area contributed by atoms with Gasteiger partial charge in [-0.05, 0) is 59.9 Å². The highest BCUT2D eigenvalue weighted by Crippen LogP contribution is 2.30. The number of fused-ring (bicyclic) bond motifs is 1. The van der Waals surface area contributed by atoms with E-state index in [1.807, 2.05) is 0 Å². The van der Waals surface area contributed by atoms with Crippen LogP contribution in [0, 0.1) is 6.92 Å². The summed E-state index contributed by atoms with van der Waals surface area (Å²) in [6.07, 6.45) is 4.02. The summed E-state index contributed by atoms with van der Waals surface area (Å²) in [7, 11) is 0. The predicted molar refractivity (Wildman–Crippen MR) is 109 cm³/mol. The van der Waals surface area contributed by atoms with Crippen molar-refractivity contribution in [1.82, 2.24) is 4.98 Å². The molecule has 0 fully saturated rings. The zero-order chi connectivity index (χ0) is 17.8. The minimum atomic E-state index is 0.942. The van der Waals surface area contributed by atoms with E-state index in [0.29, 0.717) is 0 Å². The van der Waals surface area contributed by atoms with E-state index in [1.165, 1.54) is 33.2 Å². The Balaban J connectivity index is 2.07. The van der Waals surface area contributed by atoms with Gasteiger partial charge in [-0.15, -0.1) is 0 Å². The van der Waals surface area contributed by atoms with Crippen LogP contribution in [-0.4, -0.2) is 4.98 Å². The fraction of sp³-hybridized carbons (Fsp3) is 0.292. The van der Waals surface area contributed by atoms with Crippen molar-refractivity contribution in [3.05, 3.63) is 83.2 Å². The second-order valence-electron chi connectivity index (χ2n) is 6.78. The Morgan fingerprint density at radius 3 is 2.40 bits per heavy atom. The van der Waals surface area contributed by atoms with Crippen LogP contribution in [0.25, 0.3) is 16.3 Å². The minimum absolute atomic E-state index is 0.942. The van der Waals surface area contributed by atoms with E-state index in [4.69, 9.17) is 4.98 Å². The van der Waals surface area contributed by atoms with E-state index >= 15 is 0 Å². The van der Waals surface area contributed by atoms with Crippen molar-refractivity contribution in [2.75, 3.05) is 0 Å². The summed E-state index contributed by atoms with van der Waals surface area (Å²) in [5.74, 6) is 0. The molecule has 0 bridgehead atoms. The summed E-state index contributed by atoms with van der Waals surface area (Å²) in [4.78, 5) is 4.99. The quantitative estimate of drug-likeness (QED) is 0.502. The van der Waals surface area contributed by atoms with E-state index in [2.05, 4.69) is 75.9 Å². The molecule has 1 heterocycles. The van der Waals surface area contributed by atoms with Gasteiger partial charge in [-0.3, -0.25) is 4.98 Å². The van der Waals surface area contributed by atoms with Gasteiger partial charge in [0.05, 0.1) is 5.69 Å². The topological polar surface area (TPSA) is 12.9 Å². The molecule has 0 N–H and O–H groups in total. The molecule has 3 aromatic rings. The van der Waals surface area contributed by atoms with Crippen LogP contribution >= 0.6 is 0 Å². The highest BCUT2D eigenvalue weighted by atomic mass is 14.7. The van der Waals surface area contributed by atoms with Gasteiger partial charge in [-0.1, -0.05) is 69.3 Å². The number of benzene rings is 2. The molecule has 1 aromatic heterocycles. The van der Waals surface area contributed by atoms with Crippen molar-refractivity contribution in [3.63, 3.8) is 0 Å². The van der Waals surface area contributed by atoms with Crippen LogP contribution in [0.15, 0.2) is 55.1 Å². The second-order valence-corrected chi connectivity index (χ2v) is 6.78. The normalized spacial score (nSPS) is 11.0. The minimum Gasteiger partial charge on any atom is -0.252 e. The highest BCUT2D eigenvalue weighted by Gasteiger charge is 2.13. The number of pyridine rings is 1. The summed E-state index contributed by atoms with van der Waals surface area (Å²) in [5, 5.41) is 2.61. The van der Waals surface area contributed by atoms with Gasteiger partial charge < -0.3 is 0 Å². The first kappa shape index (κ1) is 17.4. The number of allylic oxidation sites excluding steroid dienone is 1. The first-order valence-electron chi connectivity index (χ1n) is 9.28. The van der Waals surface area contributed by atoms with Crippen LogP contribution in [0.1, 0.15) is 54.8 Å². The van der Waals surface area contributed by atoms with Crippen molar-refractivity contribution in [2.24, 2.45) is 0 Å². The molecular formula is C24H27N. The van der Waals surface area contributed by atoms with Crippen molar-refractivity contribution < 1.29 is 0 Å². The molecule has 0 radical (unpaired) electrons. The maximum Gasteiger partial charge on any atom is 0.0694 e. The molecular weight excluding hydrogens is 302 g/mol. The van der Waals surface area contributed by atoms with Crippen LogP contribution in [0.2, 0.25) is 0 Å². The van der Waals surface area contributed by atoms with Gasteiger partial charge in [0.15, 0.2) is 0 Å². The lowest BCUT2D eigenvalue weighted by Crippen LogP contribution is -2.01. The van der Waals surface area contributed by atoms with Gasteiger partial charge in [-0.2, -0.15) is 0 Å². The third-order valence-corrected chi connectivity index (χ3v) is 4.87. The van der Waals surface area contributed by atoms with Gasteiger partial charge >= 0.3 is 0 Å². The van der Waals surface area contributed by atoms with Crippen molar-refractivity contribution in [2.45, 2.75) is 46.5 Å². The number of hydrogen-bond acceptors (Lipinski definition) is 1. The molecule has 1 nitrogen and oxygen atoms in total. The summed E-state index contributed by atoms with van der Waals surface area (Å²) in [6, 6.07) is 17.5. The van der Waals surface area contributed by atoms with E-state index in [-0.39, 0.29) is 0 Å². The van der Waals surface area contributed by atoms with Gasteiger partial charge in [0.2, 0.25) is 0 Å². The van der Waals surface area contributed by atoms with E-state index in [0.717, 1.165) is 37.0 Å². The Hall–Kier alpha value is -2.41. The number of aryl methyl sites for hydroxylation is 2. The maximum absolute atomic E-state index is 4.99. The number of nitrogens with zero attached hydrogens (tertiary/aromatic N) is 1. The first-order chi connectivity index (χ1) is 12.1. The van der Waals surface area contributed by atoms with Gasteiger partial charge in [0, 0.05) is 11.1 Å². The summed E-state index contributed by atoms with van der Waals surface area (Å²) >= 11 is 0. The van der Waals surface area contributed by atoms with E-state index < -0.39 is 0 Å². The molecule has 3 rings (SSSR count). The molecule has 0 atom stereocenters. The SMILES string of the molecule is C=C(CCC)c1nc(CC)c2cc(Cc3ccccc3)ccc2c1C. The summed E-state index contributed by atoms with van der Waals surface area (Å²) < 4.78 is 0. The van der Waals surface area contributed by atoms with Gasteiger partial charge in [0.25, 0.3) is 0 Å². The molecule has 0 unspecified atom stereocenters. The molecule has 2 aromatic carbocycles. The van der Waals surface area contributed by atoms with E-state index in [9.17, 15) is 0 Å². The van der Waals surface area contributed by atoms with Gasteiger partial charge in [-0.25, -0.2) is 0 Å². The molecule has 128 valence electrons. The molecule has 0 aliphatic heterocycles. The van der Waals surface area contributed by atoms with Crippen molar-refractivity contribution in [1.29, 1.82) is 0 Å². The predicted octanol–water partition coefficient (Wildman–Crippen LogP) is 6.51. The molecule has 0 saturated carbocycles. The van der Waals surface area contributed by atoms with Crippen LogP contribution in [0.4, 0.5) is 0 Å². The number of rotatable bonds is 6. The first-order valence-corrected chi connectivity index (χ1v) is 9.28. The molecule has 0 spiro atoms. The fourth-order valence-corrected chi connectivity index (χ4v) is 3.54. The lowest BCUT2D eigenvalue weighted by atomic mass is 9.94. The molecule has 25 heavy (non-hydrogen) atoms. The smallest absolute Gasteiger partial charge is 0.0694 e. The molecule has 1 heteroatoms. The Kier molecular flexibility index (Phi) is 5.33. The Morgan fingerprint density at radius 2 is 1.72 bits per heavy atom. The summed E-state index contributed by atoms with van der Waals surface area (Å²) in [5.41, 5.74) is 7.39. The van der Waals surface area contributed by atoms with Crippen LogP contribution in [-0.2, 0) is 12.8 Å². The third kappa shape index (κ3) is 3.66. The van der Waals surface area contributed by atoms with Crippen LogP contribution in [0.5, 0.6) is 0 Å². The zero-order valence-corrected chi connectivity index (χ0v) is 15.6. The standard InChI is InChI=1S/C24H27N/c1-5-10-17(3)24-18(4)21-14-13-20(15-19-11-8-7-9-12-19)16-22(21)23(6-2)25-24/h7-9,11-14,16H,3,5-6,10,15H2,1-2,4H3. The molecule has 0 saturated heterocycles.